The van der Waals surface area contributed by atoms with Crippen molar-refractivity contribution in [1.29, 1.82) is 0 Å². The molecule has 3 rings (SSSR count). The topological polar surface area (TPSA) is 17.8 Å². The van der Waals surface area contributed by atoms with E-state index in [4.69, 9.17) is 34.8 Å². The SMILES string of the molecule is Fc1ccc(-n2c(CCCl)nc3cc(Cl)ccc32)cc1Cl. The molecule has 1 aromatic heterocycles. The van der Waals surface area contributed by atoms with Crippen LogP contribution in [-0.2, 0) is 6.42 Å². The zero-order valence-electron chi connectivity index (χ0n) is 10.8. The van der Waals surface area contributed by atoms with Gasteiger partial charge in [0.05, 0.1) is 16.1 Å². The summed E-state index contributed by atoms with van der Waals surface area (Å²) in [7, 11) is 0. The number of hydrogen-bond acceptors (Lipinski definition) is 1. The number of halogens is 4. The third-order valence-electron chi connectivity index (χ3n) is 3.17. The molecule has 6 heteroatoms. The van der Waals surface area contributed by atoms with Crippen LogP contribution in [0.2, 0.25) is 10.0 Å². The number of fused-ring (bicyclic) bond motifs is 1. The zero-order chi connectivity index (χ0) is 15.0. The van der Waals surface area contributed by atoms with E-state index >= 15 is 0 Å². The first-order valence-corrected chi connectivity index (χ1v) is 7.57. The van der Waals surface area contributed by atoms with Crippen molar-refractivity contribution in [3.63, 3.8) is 0 Å². The molecule has 2 nitrogen and oxygen atoms in total. The number of nitrogens with zero attached hydrogens (tertiary/aromatic N) is 2. The summed E-state index contributed by atoms with van der Waals surface area (Å²) >= 11 is 17.7. The lowest BCUT2D eigenvalue weighted by molar-refractivity contribution is 0.627. The lowest BCUT2D eigenvalue weighted by Crippen LogP contribution is -2.02. The van der Waals surface area contributed by atoms with Gasteiger partial charge in [-0.15, -0.1) is 11.6 Å². The number of alkyl halides is 1. The molecule has 2 aromatic carbocycles. The van der Waals surface area contributed by atoms with Gasteiger partial charge in [0.25, 0.3) is 0 Å². The Morgan fingerprint density at radius 2 is 1.90 bits per heavy atom. The van der Waals surface area contributed by atoms with Crippen LogP contribution >= 0.6 is 34.8 Å². The second-order valence-electron chi connectivity index (χ2n) is 4.53. The van der Waals surface area contributed by atoms with Gasteiger partial charge in [-0.25, -0.2) is 9.37 Å². The highest BCUT2D eigenvalue weighted by atomic mass is 35.5. The Kier molecular flexibility index (Phi) is 4.07. The van der Waals surface area contributed by atoms with Crippen LogP contribution in [0.5, 0.6) is 0 Å². The van der Waals surface area contributed by atoms with Crippen LogP contribution in [0.25, 0.3) is 16.7 Å². The second kappa shape index (κ2) is 5.84. The fourth-order valence-electron chi connectivity index (χ4n) is 2.27. The van der Waals surface area contributed by atoms with Gasteiger partial charge < -0.3 is 0 Å². The Morgan fingerprint density at radius 1 is 1.10 bits per heavy atom. The fourth-order valence-corrected chi connectivity index (χ4v) is 2.78. The Hall–Kier alpha value is -1.29. The Labute approximate surface area is 136 Å². The van der Waals surface area contributed by atoms with Gasteiger partial charge in [0.1, 0.15) is 11.6 Å². The number of aryl methyl sites for hydroxylation is 1. The van der Waals surface area contributed by atoms with Crippen molar-refractivity contribution in [2.24, 2.45) is 0 Å². The third kappa shape index (κ3) is 2.73. The molecule has 0 spiro atoms. The van der Waals surface area contributed by atoms with E-state index in [1.54, 1.807) is 24.3 Å². The summed E-state index contributed by atoms with van der Waals surface area (Å²) in [5, 5.41) is 0.682. The third-order valence-corrected chi connectivity index (χ3v) is 3.88. The van der Waals surface area contributed by atoms with Crippen molar-refractivity contribution in [2.45, 2.75) is 6.42 Å². The molecule has 0 unspecified atom stereocenters. The van der Waals surface area contributed by atoms with Crippen LogP contribution in [0, 0.1) is 5.82 Å². The van der Waals surface area contributed by atoms with Crippen molar-refractivity contribution in [3.05, 3.63) is 58.1 Å². The molecule has 0 aliphatic rings. The predicted octanol–water partition coefficient (Wildman–Crippen LogP) is 5.25. The summed E-state index contributed by atoms with van der Waals surface area (Å²) in [6.45, 7) is 0. The van der Waals surface area contributed by atoms with E-state index in [1.807, 2.05) is 10.6 Å². The summed E-state index contributed by atoms with van der Waals surface area (Å²) in [4.78, 5) is 4.55. The number of imidazole rings is 1. The largest absolute Gasteiger partial charge is 0.296 e. The number of benzene rings is 2. The zero-order valence-corrected chi connectivity index (χ0v) is 13.1. The van der Waals surface area contributed by atoms with E-state index in [0.717, 1.165) is 22.5 Å². The van der Waals surface area contributed by atoms with E-state index < -0.39 is 5.82 Å². The molecule has 0 radical (unpaired) electrons. The molecule has 0 saturated carbocycles. The maximum Gasteiger partial charge on any atom is 0.141 e. The molecule has 1 heterocycles. The Morgan fingerprint density at radius 3 is 2.62 bits per heavy atom. The molecule has 0 bridgehead atoms. The van der Waals surface area contributed by atoms with Crippen molar-refractivity contribution in [1.82, 2.24) is 9.55 Å². The van der Waals surface area contributed by atoms with Gasteiger partial charge >= 0.3 is 0 Å². The molecule has 0 aliphatic heterocycles. The Bertz CT molecular complexity index is 814. The average molecular weight is 344 g/mol. The first kappa shape index (κ1) is 14.6. The number of rotatable bonds is 3. The summed E-state index contributed by atoms with van der Waals surface area (Å²) in [5.41, 5.74) is 2.39. The minimum absolute atomic E-state index is 0.0696. The standard InChI is InChI=1S/C15H10Cl3FN2/c16-6-5-15-20-13-7-9(17)1-4-14(13)21(15)10-2-3-12(19)11(18)8-10/h1-4,7-8H,5-6H2. The molecule has 0 N–H and O–H groups in total. The monoisotopic (exact) mass is 342 g/mol. The van der Waals surface area contributed by atoms with E-state index in [1.165, 1.54) is 6.07 Å². The summed E-state index contributed by atoms with van der Waals surface area (Å²) in [6.07, 6.45) is 0.586. The first-order valence-electron chi connectivity index (χ1n) is 6.28. The Balaban J connectivity index is 2.27. The highest BCUT2D eigenvalue weighted by molar-refractivity contribution is 6.31. The smallest absolute Gasteiger partial charge is 0.141 e. The molecule has 0 saturated heterocycles. The van der Waals surface area contributed by atoms with E-state index in [-0.39, 0.29) is 5.02 Å². The lowest BCUT2D eigenvalue weighted by atomic mass is 10.2. The van der Waals surface area contributed by atoms with Crippen LogP contribution in [0.1, 0.15) is 5.82 Å². The molecule has 0 amide bonds. The maximum atomic E-state index is 13.4. The quantitative estimate of drug-likeness (QED) is 0.594. The van der Waals surface area contributed by atoms with Gasteiger partial charge in [0, 0.05) is 23.0 Å². The average Bonchev–Trinajstić information content (AvgIpc) is 2.79. The normalized spacial score (nSPS) is 11.2. The van der Waals surface area contributed by atoms with Crippen molar-refractivity contribution < 1.29 is 4.39 Å². The second-order valence-corrected chi connectivity index (χ2v) is 5.76. The highest BCUT2D eigenvalue weighted by Gasteiger charge is 2.13. The van der Waals surface area contributed by atoms with Crippen molar-refractivity contribution >= 4 is 45.8 Å². The fraction of sp³-hybridized carbons (Fsp3) is 0.133. The van der Waals surface area contributed by atoms with Gasteiger partial charge in [-0.2, -0.15) is 0 Å². The van der Waals surface area contributed by atoms with E-state index in [9.17, 15) is 4.39 Å². The minimum Gasteiger partial charge on any atom is -0.296 e. The molecule has 0 atom stereocenters. The molecule has 0 aliphatic carbocycles. The summed E-state index contributed by atoms with van der Waals surface area (Å²) in [5.74, 6) is 0.767. The minimum atomic E-state index is -0.452. The van der Waals surface area contributed by atoms with E-state index in [2.05, 4.69) is 4.98 Å². The van der Waals surface area contributed by atoms with Gasteiger partial charge in [-0.05, 0) is 36.4 Å². The molecular weight excluding hydrogens is 334 g/mol. The molecule has 21 heavy (non-hydrogen) atoms. The van der Waals surface area contributed by atoms with Crippen LogP contribution in [0.4, 0.5) is 4.39 Å². The predicted molar refractivity (Wildman–Crippen MR) is 85.5 cm³/mol. The summed E-state index contributed by atoms with van der Waals surface area (Å²) < 4.78 is 15.3. The highest BCUT2D eigenvalue weighted by Crippen LogP contribution is 2.27. The van der Waals surface area contributed by atoms with Crippen LogP contribution in [0.3, 0.4) is 0 Å². The van der Waals surface area contributed by atoms with Gasteiger partial charge in [-0.1, -0.05) is 23.2 Å². The molecule has 0 fully saturated rings. The van der Waals surface area contributed by atoms with Crippen LogP contribution < -0.4 is 0 Å². The number of hydrogen-bond donors (Lipinski definition) is 0. The molecule has 108 valence electrons. The van der Waals surface area contributed by atoms with E-state index in [0.29, 0.717) is 17.3 Å². The molecular formula is C15H10Cl3FN2. The molecule has 3 aromatic rings. The van der Waals surface area contributed by atoms with Gasteiger partial charge in [0.2, 0.25) is 0 Å². The lowest BCUT2D eigenvalue weighted by Gasteiger charge is -2.09. The van der Waals surface area contributed by atoms with Crippen LogP contribution in [-0.4, -0.2) is 15.4 Å². The number of aromatic nitrogens is 2. The first-order chi connectivity index (χ1) is 10.1. The van der Waals surface area contributed by atoms with Gasteiger partial charge in [0.15, 0.2) is 0 Å². The maximum absolute atomic E-state index is 13.4. The van der Waals surface area contributed by atoms with Crippen molar-refractivity contribution in [3.8, 4) is 5.69 Å². The van der Waals surface area contributed by atoms with Gasteiger partial charge in [-0.3, -0.25) is 4.57 Å². The summed E-state index contributed by atoms with van der Waals surface area (Å²) in [6, 6.07) is 10.0. The van der Waals surface area contributed by atoms with Crippen LogP contribution in [0.15, 0.2) is 36.4 Å². The van der Waals surface area contributed by atoms with Crippen molar-refractivity contribution in [2.75, 3.05) is 5.88 Å².